The Bertz CT molecular complexity index is 342. The van der Waals surface area contributed by atoms with E-state index in [1.807, 2.05) is 18.2 Å². The van der Waals surface area contributed by atoms with Crippen LogP contribution < -0.4 is 5.32 Å². The highest BCUT2D eigenvalue weighted by Gasteiger charge is 2.21. The lowest BCUT2D eigenvalue weighted by Crippen LogP contribution is -2.44. The van der Waals surface area contributed by atoms with Crippen molar-refractivity contribution < 1.29 is 0 Å². The van der Waals surface area contributed by atoms with E-state index in [9.17, 15) is 0 Å². The molecule has 1 atom stereocenters. The Kier molecular flexibility index (Phi) is 4.09. The van der Waals surface area contributed by atoms with Crippen LogP contribution in [0.5, 0.6) is 0 Å². The van der Waals surface area contributed by atoms with Crippen LogP contribution in [0.25, 0.3) is 0 Å². The first-order valence-corrected chi connectivity index (χ1v) is 6.34. The van der Waals surface area contributed by atoms with Crippen LogP contribution in [0.1, 0.15) is 18.5 Å². The van der Waals surface area contributed by atoms with E-state index in [1.165, 1.54) is 0 Å². The van der Waals surface area contributed by atoms with E-state index in [4.69, 9.17) is 23.2 Å². The third kappa shape index (κ3) is 2.51. The molecular formula is C12H16Cl2N2. The molecule has 0 radical (unpaired) electrons. The van der Waals surface area contributed by atoms with Crippen molar-refractivity contribution in [1.82, 2.24) is 10.2 Å². The van der Waals surface area contributed by atoms with E-state index in [-0.39, 0.29) is 6.04 Å². The number of rotatable bonds is 2. The highest BCUT2D eigenvalue weighted by Crippen LogP contribution is 2.33. The van der Waals surface area contributed by atoms with Gasteiger partial charge in [-0.25, -0.2) is 0 Å². The van der Waals surface area contributed by atoms with Gasteiger partial charge < -0.3 is 5.32 Å². The second-order valence-electron chi connectivity index (χ2n) is 4.10. The Morgan fingerprint density at radius 1 is 1.19 bits per heavy atom. The second kappa shape index (κ2) is 5.37. The molecule has 1 fully saturated rings. The van der Waals surface area contributed by atoms with Crippen LogP contribution in [-0.2, 0) is 0 Å². The smallest absolute Gasteiger partial charge is 0.0468 e. The zero-order valence-corrected chi connectivity index (χ0v) is 10.9. The number of piperazine rings is 1. The number of hydrogen-bond donors (Lipinski definition) is 1. The molecular weight excluding hydrogens is 243 g/mol. The van der Waals surface area contributed by atoms with Gasteiger partial charge in [-0.3, -0.25) is 4.90 Å². The maximum atomic E-state index is 6.22. The molecule has 4 heteroatoms. The molecule has 1 N–H and O–H groups in total. The van der Waals surface area contributed by atoms with Gasteiger partial charge in [0.25, 0.3) is 0 Å². The molecule has 0 aliphatic carbocycles. The summed E-state index contributed by atoms with van der Waals surface area (Å²) < 4.78 is 0. The fourth-order valence-corrected chi connectivity index (χ4v) is 2.88. The van der Waals surface area contributed by atoms with Gasteiger partial charge in [0.05, 0.1) is 0 Å². The van der Waals surface area contributed by atoms with Crippen molar-refractivity contribution in [2.24, 2.45) is 0 Å². The van der Waals surface area contributed by atoms with Crippen LogP contribution in [0.4, 0.5) is 0 Å². The van der Waals surface area contributed by atoms with Gasteiger partial charge in [-0.2, -0.15) is 0 Å². The molecule has 1 aromatic carbocycles. The average molecular weight is 259 g/mol. The van der Waals surface area contributed by atoms with Crippen LogP contribution in [-0.4, -0.2) is 31.1 Å². The highest BCUT2D eigenvalue weighted by atomic mass is 35.5. The van der Waals surface area contributed by atoms with E-state index in [0.29, 0.717) is 0 Å². The van der Waals surface area contributed by atoms with Crippen LogP contribution in [0.2, 0.25) is 10.0 Å². The Morgan fingerprint density at radius 3 is 2.31 bits per heavy atom. The van der Waals surface area contributed by atoms with Crippen molar-refractivity contribution in [2.75, 3.05) is 26.2 Å². The molecule has 2 rings (SSSR count). The summed E-state index contributed by atoms with van der Waals surface area (Å²) in [5.41, 5.74) is 1.05. The first-order valence-electron chi connectivity index (χ1n) is 5.59. The van der Waals surface area contributed by atoms with E-state index in [1.54, 1.807) is 0 Å². The predicted molar refractivity (Wildman–Crippen MR) is 69.3 cm³/mol. The fourth-order valence-electron chi connectivity index (χ4n) is 2.16. The third-order valence-electron chi connectivity index (χ3n) is 3.12. The molecule has 88 valence electrons. The Hall–Kier alpha value is -0.280. The predicted octanol–water partition coefficient (Wildman–Crippen LogP) is 2.96. The summed E-state index contributed by atoms with van der Waals surface area (Å²) in [6.45, 7) is 6.32. The zero-order chi connectivity index (χ0) is 11.5. The number of hydrogen-bond acceptors (Lipinski definition) is 2. The summed E-state index contributed by atoms with van der Waals surface area (Å²) in [5.74, 6) is 0. The summed E-state index contributed by atoms with van der Waals surface area (Å²) in [4.78, 5) is 2.41. The maximum absolute atomic E-state index is 6.22. The van der Waals surface area contributed by atoms with E-state index < -0.39 is 0 Å². The monoisotopic (exact) mass is 258 g/mol. The zero-order valence-electron chi connectivity index (χ0n) is 9.34. The highest BCUT2D eigenvalue weighted by molar-refractivity contribution is 6.36. The topological polar surface area (TPSA) is 15.3 Å². The van der Waals surface area contributed by atoms with Gasteiger partial charge in [0.15, 0.2) is 0 Å². The summed E-state index contributed by atoms with van der Waals surface area (Å²) in [6.07, 6.45) is 0. The summed E-state index contributed by atoms with van der Waals surface area (Å²) >= 11 is 12.4. The van der Waals surface area contributed by atoms with E-state index >= 15 is 0 Å². The number of nitrogens with zero attached hydrogens (tertiary/aromatic N) is 1. The van der Waals surface area contributed by atoms with Gasteiger partial charge in [0, 0.05) is 47.8 Å². The third-order valence-corrected chi connectivity index (χ3v) is 3.78. The van der Waals surface area contributed by atoms with E-state index in [0.717, 1.165) is 41.8 Å². The molecule has 0 aromatic heterocycles. The van der Waals surface area contributed by atoms with Crippen LogP contribution in [0.15, 0.2) is 18.2 Å². The van der Waals surface area contributed by atoms with Crippen molar-refractivity contribution in [3.05, 3.63) is 33.8 Å². The molecule has 0 unspecified atom stereocenters. The molecule has 1 saturated heterocycles. The molecule has 1 aliphatic rings. The molecule has 1 aromatic rings. The first kappa shape index (κ1) is 12.2. The normalized spacial score (nSPS) is 19.7. The van der Waals surface area contributed by atoms with Crippen molar-refractivity contribution in [1.29, 1.82) is 0 Å². The van der Waals surface area contributed by atoms with Crippen LogP contribution >= 0.6 is 23.2 Å². The minimum atomic E-state index is 0.281. The SMILES string of the molecule is C[C@@H](c1c(Cl)cccc1Cl)N1CCNCC1. The van der Waals surface area contributed by atoms with Gasteiger partial charge >= 0.3 is 0 Å². The standard InChI is InChI=1S/C12H16Cl2N2/c1-9(16-7-5-15-6-8-16)12-10(13)3-2-4-11(12)14/h2-4,9,15H,5-8H2,1H3/t9-/m0/s1. The van der Waals surface area contributed by atoms with Crippen LogP contribution in [0.3, 0.4) is 0 Å². The summed E-state index contributed by atoms with van der Waals surface area (Å²) in [5, 5.41) is 4.87. The van der Waals surface area contributed by atoms with Crippen molar-refractivity contribution in [3.63, 3.8) is 0 Å². The fraction of sp³-hybridized carbons (Fsp3) is 0.500. The minimum Gasteiger partial charge on any atom is -0.314 e. The molecule has 0 amide bonds. The number of nitrogens with one attached hydrogen (secondary N) is 1. The quantitative estimate of drug-likeness (QED) is 0.878. The minimum absolute atomic E-state index is 0.281. The van der Waals surface area contributed by atoms with Crippen LogP contribution in [0, 0.1) is 0 Å². The molecule has 1 aliphatic heterocycles. The largest absolute Gasteiger partial charge is 0.314 e. The maximum Gasteiger partial charge on any atom is 0.0468 e. The van der Waals surface area contributed by atoms with Gasteiger partial charge in [-0.1, -0.05) is 29.3 Å². The van der Waals surface area contributed by atoms with Gasteiger partial charge in [0.1, 0.15) is 0 Å². The molecule has 0 spiro atoms. The lowest BCUT2D eigenvalue weighted by atomic mass is 10.1. The Labute approximate surface area is 107 Å². The van der Waals surface area contributed by atoms with Gasteiger partial charge in [-0.15, -0.1) is 0 Å². The lowest BCUT2D eigenvalue weighted by Gasteiger charge is -2.33. The first-order chi connectivity index (χ1) is 7.70. The van der Waals surface area contributed by atoms with Gasteiger partial charge in [-0.05, 0) is 19.1 Å². The van der Waals surface area contributed by atoms with E-state index in [2.05, 4.69) is 17.1 Å². The summed E-state index contributed by atoms with van der Waals surface area (Å²) in [7, 11) is 0. The van der Waals surface area contributed by atoms with Crippen molar-refractivity contribution in [3.8, 4) is 0 Å². The number of benzene rings is 1. The molecule has 0 bridgehead atoms. The van der Waals surface area contributed by atoms with Gasteiger partial charge in [0.2, 0.25) is 0 Å². The molecule has 1 heterocycles. The summed E-state index contributed by atoms with van der Waals surface area (Å²) in [6, 6.07) is 5.98. The Morgan fingerprint density at radius 2 is 1.75 bits per heavy atom. The van der Waals surface area contributed by atoms with Crippen molar-refractivity contribution in [2.45, 2.75) is 13.0 Å². The average Bonchev–Trinajstić information content (AvgIpc) is 2.30. The number of halogens is 2. The molecule has 16 heavy (non-hydrogen) atoms. The van der Waals surface area contributed by atoms with Crippen molar-refractivity contribution >= 4 is 23.2 Å². The second-order valence-corrected chi connectivity index (χ2v) is 4.91. The molecule has 0 saturated carbocycles. The lowest BCUT2D eigenvalue weighted by molar-refractivity contribution is 0.185. The molecule has 2 nitrogen and oxygen atoms in total. The Balaban J connectivity index is 2.22.